The molecule has 7 heteroatoms. The van der Waals surface area contributed by atoms with Crippen LogP contribution in [0.3, 0.4) is 0 Å². The zero-order valence-corrected chi connectivity index (χ0v) is 18.2. The van der Waals surface area contributed by atoms with Crippen LogP contribution in [0.25, 0.3) is 11.1 Å². The minimum Gasteiger partial charge on any atom is -0.488 e. The second-order valence-electron chi connectivity index (χ2n) is 7.97. The lowest BCUT2D eigenvalue weighted by Crippen LogP contribution is -2.43. The van der Waals surface area contributed by atoms with Crippen molar-refractivity contribution in [3.05, 3.63) is 53.0 Å². The number of rotatable bonds is 4. The molecule has 1 N–H and O–H groups in total. The third-order valence-corrected chi connectivity index (χ3v) is 4.99. The van der Waals surface area contributed by atoms with Crippen molar-refractivity contribution in [3.8, 4) is 16.9 Å². The van der Waals surface area contributed by atoms with Crippen molar-refractivity contribution >= 4 is 28.0 Å². The van der Waals surface area contributed by atoms with E-state index >= 15 is 0 Å². The zero-order chi connectivity index (χ0) is 21.2. The second-order valence-corrected chi connectivity index (χ2v) is 8.88. The summed E-state index contributed by atoms with van der Waals surface area (Å²) in [7, 11) is 0. The van der Waals surface area contributed by atoms with Crippen LogP contribution in [0.4, 0.5) is 4.79 Å². The second kappa shape index (κ2) is 8.45. The predicted molar refractivity (Wildman–Crippen MR) is 113 cm³/mol. The first-order chi connectivity index (χ1) is 13.6. The molecule has 29 heavy (non-hydrogen) atoms. The summed E-state index contributed by atoms with van der Waals surface area (Å²) in [4.78, 5) is 25.4. The van der Waals surface area contributed by atoms with Crippen LogP contribution >= 0.6 is 15.9 Å². The maximum absolute atomic E-state index is 12.5. The van der Waals surface area contributed by atoms with Crippen molar-refractivity contribution in [1.82, 2.24) is 4.90 Å². The smallest absolute Gasteiger partial charge is 0.411 e. The molecule has 0 radical (unpaired) electrons. The number of amides is 1. The number of likely N-dealkylation sites (tertiary alicyclic amines) is 1. The lowest BCUT2D eigenvalue weighted by molar-refractivity contribution is -0.142. The van der Waals surface area contributed by atoms with Gasteiger partial charge in [0.1, 0.15) is 23.5 Å². The number of hydrogen-bond donors (Lipinski definition) is 1. The molecular weight excluding hydrogens is 438 g/mol. The number of nitrogens with zero attached hydrogens (tertiary/aromatic N) is 1. The van der Waals surface area contributed by atoms with Crippen LogP contribution in [0.15, 0.2) is 53.0 Å². The highest BCUT2D eigenvalue weighted by Crippen LogP contribution is 2.35. The molecule has 1 heterocycles. The first-order valence-electron chi connectivity index (χ1n) is 9.38. The number of benzene rings is 2. The van der Waals surface area contributed by atoms with Gasteiger partial charge in [0.15, 0.2) is 0 Å². The van der Waals surface area contributed by atoms with Gasteiger partial charge in [-0.1, -0.05) is 46.3 Å². The van der Waals surface area contributed by atoms with Crippen LogP contribution in [0.2, 0.25) is 0 Å². The van der Waals surface area contributed by atoms with Gasteiger partial charge in [0.25, 0.3) is 0 Å². The average Bonchev–Trinajstić information content (AvgIpc) is 3.07. The van der Waals surface area contributed by atoms with Crippen molar-refractivity contribution in [2.45, 2.75) is 44.9 Å². The zero-order valence-electron chi connectivity index (χ0n) is 16.6. The van der Waals surface area contributed by atoms with Crippen LogP contribution in [0, 0.1) is 0 Å². The molecule has 0 spiro atoms. The molecule has 6 nitrogen and oxygen atoms in total. The summed E-state index contributed by atoms with van der Waals surface area (Å²) >= 11 is 3.49. The highest BCUT2D eigenvalue weighted by Gasteiger charge is 2.42. The van der Waals surface area contributed by atoms with Gasteiger partial charge < -0.3 is 14.6 Å². The van der Waals surface area contributed by atoms with Crippen LogP contribution in [0.5, 0.6) is 5.75 Å². The van der Waals surface area contributed by atoms with E-state index < -0.39 is 29.8 Å². The molecule has 0 aliphatic carbocycles. The van der Waals surface area contributed by atoms with Crippen LogP contribution in [0.1, 0.15) is 27.2 Å². The van der Waals surface area contributed by atoms with E-state index in [1.807, 2.05) is 48.5 Å². The molecule has 1 aliphatic rings. The molecule has 3 rings (SSSR count). The van der Waals surface area contributed by atoms with Gasteiger partial charge in [-0.15, -0.1) is 0 Å². The average molecular weight is 462 g/mol. The summed E-state index contributed by atoms with van der Waals surface area (Å²) < 4.78 is 12.5. The Morgan fingerprint density at radius 1 is 1.14 bits per heavy atom. The molecule has 0 unspecified atom stereocenters. The van der Waals surface area contributed by atoms with E-state index in [1.165, 1.54) is 4.90 Å². The number of aliphatic carboxylic acids is 1. The van der Waals surface area contributed by atoms with Crippen LogP contribution in [-0.4, -0.2) is 46.4 Å². The van der Waals surface area contributed by atoms with E-state index in [0.717, 1.165) is 15.6 Å². The Balaban J connectivity index is 1.83. The molecule has 154 valence electrons. The van der Waals surface area contributed by atoms with Gasteiger partial charge in [0, 0.05) is 16.5 Å². The summed E-state index contributed by atoms with van der Waals surface area (Å²) in [5, 5.41) is 9.57. The maximum atomic E-state index is 12.5. The topological polar surface area (TPSA) is 76.1 Å². The lowest BCUT2D eigenvalue weighted by Gasteiger charge is -2.26. The molecule has 2 aromatic rings. The number of carboxylic acid groups (broad SMARTS) is 1. The van der Waals surface area contributed by atoms with Crippen LogP contribution in [-0.2, 0) is 9.53 Å². The summed E-state index contributed by atoms with van der Waals surface area (Å²) in [5.74, 6) is -0.430. The van der Waals surface area contributed by atoms with Crippen molar-refractivity contribution in [2.75, 3.05) is 6.54 Å². The van der Waals surface area contributed by atoms with Gasteiger partial charge >= 0.3 is 12.1 Å². The Morgan fingerprint density at radius 3 is 2.45 bits per heavy atom. The number of carbonyl (C=O) groups excluding carboxylic acids is 1. The normalized spacial score (nSPS) is 19.1. The molecule has 1 aliphatic heterocycles. The number of carbonyl (C=O) groups is 2. The van der Waals surface area contributed by atoms with Crippen LogP contribution < -0.4 is 4.74 Å². The van der Waals surface area contributed by atoms with E-state index in [2.05, 4.69) is 15.9 Å². The Hall–Kier alpha value is -2.54. The van der Waals surface area contributed by atoms with Gasteiger partial charge in [-0.05, 0) is 44.5 Å². The minimum absolute atomic E-state index is 0.149. The fourth-order valence-electron chi connectivity index (χ4n) is 3.27. The molecule has 1 fully saturated rings. The van der Waals surface area contributed by atoms with E-state index in [9.17, 15) is 14.7 Å². The Morgan fingerprint density at radius 2 is 1.83 bits per heavy atom. The van der Waals surface area contributed by atoms with Crippen molar-refractivity contribution in [3.63, 3.8) is 0 Å². The van der Waals surface area contributed by atoms with Gasteiger partial charge in [-0.25, -0.2) is 9.59 Å². The molecule has 0 saturated carbocycles. The molecule has 1 amide bonds. The molecule has 2 aromatic carbocycles. The summed E-state index contributed by atoms with van der Waals surface area (Å²) in [6, 6.07) is 14.5. The largest absolute Gasteiger partial charge is 0.488 e. The van der Waals surface area contributed by atoms with Crippen molar-refractivity contribution < 1.29 is 24.2 Å². The number of halogens is 1. The van der Waals surface area contributed by atoms with Crippen molar-refractivity contribution in [1.29, 1.82) is 0 Å². The van der Waals surface area contributed by atoms with E-state index in [0.29, 0.717) is 5.75 Å². The molecule has 0 aromatic heterocycles. The fraction of sp³-hybridized carbons (Fsp3) is 0.364. The van der Waals surface area contributed by atoms with Gasteiger partial charge in [-0.3, -0.25) is 4.90 Å². The summed E-state index contributed by atoms with van der Waals surface area (Å²) in [5.41, 5.74) is 1.17. The molecular formula is C22H24BrNO5. The minimum atomic E-state index is -1.07. The Labute approximate surface area is 178 Å². The van der Waals surface area contributed by atoms with Gasteiger partial charge in [0.05, 0.1) is 6.54 Å². The molecule has 1 saturated heterocycles. The Kier molecular flexibility index (Phi) is 6.17. The Bertz CT molecular complexity index is 894. The standard InChI is InChI=1S/C22H24BrNO5/c1-22(2,3)29-21(27)24-13-16(12-18(24)20(25)26)28-19-10-9-15(23)11-17(19)14-7-5-4-6-8-14/h4-11,16,18H,12-13H2,1-3H3,(H,25,26)/t16-,18-/m0/s1. The number of hydrogen-bond acceptors (Lipinski definition) is 4. The highest BCUT2D eigenvalue weighted by molar-refractivity contribution is 9.10. The summed E-state index contributed by atoms with van der Waals surface area (Å²) in [6.45, 7) is 5.40. The van der Waals surface area contributed by atoms with Gasteiger partial charge in [-0.2, -0.15) is 0 Å². The van der Waals surface area contributed by atoms with E-state index in [-0.39, 0.29) is 13.0 Å². The van der Waals surface area contributed by atoms with E-state index in [1.54, 1.807) is 20.8 Å². The summed E-state index contributed by atoms with van der Waals surface area (Å²) in [6.07, 6.45) is -0.902. The molecule has 2 atom stereocenters. The van der Waals surface area contributed by atoms with Gasteiger partial charge in [0.2, 0.25) is 0 Å². The van der Waals surface area contributed by atoms with Crippen molar-refractivity contribution in [2.24, 2.45) is 0 Å². The maximum Gasteiger partial charge on any atom is 0.411 e. The quantitative estimate of drug-likeness (QED) is 0.696. The SMILES string of the molecule is CC(C)(C)OC(=O)N1C[C@@H](Oc2ccc(Br)cc2-c2ccccc2)C[C@H]1C(=O)O. The highest BCUT2D eigenvalue weighted by atomic mass is 79.9. The third-order valence-electron chi connectivity index (χ3n) is 4.50. The molecule has 0 bridgehead atoms. The monoisotopic (exact) mass is 461 g/mol. The van der Waals surface area contributed by atoms with E-state index in [4.69, 9.17) is 9.47 Å². The number of carboxylic acids is 1. The lowest BCUT2D eigenvalue weighted by atomic mass is 10.0. The fourth-order valence-corrected chi connectivity index (χ4v) is 3.63. The first-order valence-corrected chi connectivity index (χ1v) is 10.2. The predicted octanol–water partition coefficient (Wildman–Crippen LogP) is 4.96. The first kappa shape index (κ1) is 21.2. The third kappa shape index (κ3) is 5.29. The number of ether oxygens (including phenoxy) is 2.